The van der Waals surface area contributed by atoms with E-state index >= 15 is 0 Å². The van der Waals surface area contributed by atoms with E-state index in [1.807, 2.05) is 4.90 Å². The van der Waals surface area contributed by atoms with E-state index in [0.717, 1.165) is 12.8 Å². The molecule has 2 fully saturated rings. The molecule has 1 atom stereocenters. The highest BCUT2D eigenvalue weighted by Gasteiger charge is 2.36. The average Bonchev–Trinajstić information content (AvgIpc) is 2.68. The highest BCUT2D eigenvalue weighted by molar-refractivity contribution is 5.82. The van der Waals surface area contributed by atoms with Crippen molar-refractivity contribution in [3.05, 3.63) is 23.8 Å². The van der Waals surface area contributed by atoms with Crippen LogP contribution in [0, 0.1) is 0 Å². The summed E-state index contributed by atoms with van der Waals surface area (Å²) in [5.41, 5.74) is 0.582. The van der Waals surface area contributed by atoms with Crippen LogP contribution in [0.15, 0.2) is 18.2 Å². The lowest BCUT2D eigenvalue weighted by molar-refractivity contribution is -0.149. The summed E-state index contributed by atoms with van der Waals surface area (Å²) in [6.07, 6.45) is 5.70. The molecule has 27 heavy (non-hydrogen) atoms. The van der Waals surface area contributed by atoms with Crippen molar-refractivity contribution in [1.29, 1.82) is 0 Å². The van der Waals surface area contributed by atoms with Crippen LogP contribution in [0.5, 0.6) is 11.5 Å². The number of methoxy groups -OCH3 is 2. The van der Waals surface area contributed by atoms with Crippen molar-refractivity contribution in [2.24, 2.45) is 0 Å². The first-order chi connectivity index (χ1) is 13.0. The molecule has 0 unspecified atom stereocenters. The summed E-state index contributed by atoms with van der Waals surface area (Å²) in [6.45, 7) is 1.26. The van der Waals surface area contributed by atoms with Crippen LogP contribution in [0.4, 0.5) is 0 Å². The molecule has 7 nitrogen and oxygen atoms in total. The summed E-state index contributed by atoms with van der Waals surface area (Å²) in [5.74, 6) is 0.0815. The summed E-state index contributed by atoms with van der Waals surface area (Å²) < 4.78 is 10.5. The van der Waals surface area contributed by atoms with Gasteiger partial charge in [0.1, 0.15) is 6.04 Å². The van der Waals surface area contributed by atoms with Gasteiger partial charge in [0.15, 0.2) is 11.5 Å². The third-order valence-electron chi connectivity index (χ3n) is 5.62. The molecule has 1 amide bonds. The summed E-state index contributed by atoms with van der Waals surface area (Å²) in [7, 11) is 3.05. The molecule has 2 aliphatic rings. The van der Waals surface area contributed by atoms with Crippen molar-refractivity contribution in [2.45, 2.75) is 44.2 Å². The van der Waals surface area contributed by atoms with Gasteiger partial charge in [0.25, 0.3) is 0 Å². The number of amides is 1. The van der Waals surface area contributed by atoms with Gasteiger partial charge in [-0.25, -0.2) is 0 Å². The van der Waals surface area contributed by atoms with Gasteiger partial charge in [0.2, 0.25) is 5.91 Å². The van der Waals surface area contributed by atoms with Crippen LogP contribution in [0.1, 0.15) is 43.7 Å². The van der Waals surface area contributed by atoms with E-state index in [-0.39, 0.29) is 12.5 Å². The van der Waals surface area contributed by atoms with Crippen molar-refractivity contribution < 1.29 is 24.2 Å². The van der Waals surface area contributed by atoms with E-state index in [2.05, 4.69) is 0 Å². The predicted molar refractivity (Wildman–Crippen MR) is 100 cm³/mol. The largest absolute Gasteiger partial charge is 0.493 e. The minimum Gasteiger partial charge on any atom is -0.493 e. The fraction of sp³-hybridized carbons (Fsp3) is 0.600. The SMILES string of the molecule is COc1ccc([C@@H](C(=O)O)N2CCN(C3CCCCC3)C(=O)C2)cc1OC. The van der Waals surface area contributed by atoms with Gasteiger partial charge >= 0.3 is 5.97 Å². The number of carbonyl (C=O) groups excluding carboxylic acids is 1. The fourth-order valence-corrected chi connectivity index (χ4v) is 4.24. The van der Waals surface area contributed by atoms with Crippen molar-refractivity contribution in [3.63, 3.8) is 0 Å². The number of nitrogens with zero attached hydrogens (tertiary/aromatic N) is 2. The molecular formula is C20H28N2O5. The van der Waals surface area contributed by atoms with Gasteiger partial charge in [-0.05, 0) is 30.5 Å². The van der Waals surface area contributed by atoms with Gasteiger partial charge in [-0.15, -0.1) is 0 Å². The van der Waals surface area contributed by atoms with Crippen molar-refractivity contribution in [1.82, 2.24) is 9.80 Å². The zero-order valence-electron chi connectivity index (χ0n) is 16.0. The molecule has 1 aliphatic carbocycles. The number of hydrogen-bond donors (Lipinski definition) is 1. The molecular weight excluding hydrogens is 348 g/mol. The summed E-state index contributed by atoms with van der Waals surface area (Å²) in [4.78, 5) is 28.4. The normalized spacial score (nSPS) is 20.4. The maximum atomic E-state index is 12.7. The second kappa shape index (κ2) is 8.61. The van der Waals surface area contributed by atoms with E-state index < -0.39 is 12.0 Å². The third-order valence-corrected chi connectivity index (χ3v) is 5.62. The smallest absolute Gasteiger partial charge is 0.325 e. The molecule has 1 saturated heterocycles. The van der Waals surface area contributed by atoms with E-state index in [1.165, 1.54) is 33.5 Å². The molecule has 1 aliphatic heterocycles. The first-order valence-corrected chi connectivity index (χ1v) is 9.53. The lowest BCUT2D eigenvalue weighted by Gasteiger charge is -2.42. The molecule has 1 aromatic rings. The van der Waals surface area contributed by atoms with Crippen molar-refractivity contribution in [2.75, 3.05) is 33.9 Å². The Hall–Kier alpha value is -2.28. The third kappa shape index (κ3) is 4.18. The fourth-order valence-electron chi connectivity index (χ4n) is 4.24. The number of hydrogen-bond acceptors (Lipinski definition) is 5. The van der Waals surface area contributed by atoms with E-state index in [1.54, 1.807) is 23.1 Å². The quantitative estimate of drug-likeness (QED) is 0.821. The Kier molecular flexibility index (Phi) is 6.21. The van der Waals surface area contributed by atoms with Gasteiger partial charge in [0, 0.05) is 19.1 Å². The Balaban J connectivity index is 1.76. The van der Waals surface area contributed by atoms with Gasteiger partial charge in [-0.3, -0.25) is 14.5 Å². The standard InChI is InChI=1S/C20H28N2O5/c1-26-16-9-8-14(12-17(16)27-2)19(20(24)25)21-10-11-22(18(23)13-21)15-6-4-3-5-7-15/h8-9,12,15,19H,3-7,10-11,13H2,1-2H3,(H,24,25)/t19-/m0/s1. The van der Waals surface area contributed by atoms with Crippen LogP contribution in [0.3, 0.4) is 0 Å². The maximum absolute atomic E-state index is 12.7. The zero-order valence-corrected chi connectivity index (χ0v) is 16.0. The topological polar surface area (TPSA) is 79.3 Å². The molecule has 3 rings (SSSR count). The Bertz CT molecular complexity index is 687. The van der Waals surface area contributed by atoms with E-state index in [0.29, 0.717) is 36.2 Å². The lowest BCUT2D eigenvalue weighted by atomic mass is 9.93. The number of carbonyl (C=O) groups is 2. The summed E-state index contributed by atoms with van der Waals surface area (Å²) in [6, 6.07) is 4.53. The molecule has 1 heterocycles. The number of carboxylic acid groups (broad SMARTS) is 1. The van der Waals surface area contributed by atoms with Crippen LogP contribution in [-0.4, -0.2) is 66.7 Å². The van der Waals surface area contributed by atoms with Crippen LogP contribution in [0.25, 0.3) is 0 Å². The summed E-state index contributed by atoms with van der Waals surface area (Å²) >= 11 is 0. The molecule has 0 radical (unpaired) electrons. The van der Waals surface area contributed by atoms with Gasteiger partial charge in [-0.2, -0.15) is 0 Å². The number of carboxylic acids is 1. The van der Waals surface area contributed by atoms with E-state index in [9.17, 15) is 14.7 Å². The molecule has 0 bridgehead atoms. The van der Waals surface area contributed by atoms with Gasteiger partial charge in [0.05, 0.1) is 20.8 Å². The Morgan fingerprint density at radius 1 is 1.11 bits per heavy atom. The average molecular weight is 376 g/mol. The second-order valence-electron chi connectivity index (χ2n) is 7.20. The van der Waals surface area contributed by atoms with Crippen LogP contribution < -0.4 is 9.47 Å². The van der Waals surface area contributed by atoms with Gasteiger partial charge in [-0.1, -0.05) is 25.3 Å². The molecule has 1 N–H and O–H groups in total. The number of piperazine rings is 1. The summed E-state index contributed by atoms with van der Waals surface area (Å²) in [5, 5.41) is 9.83. The Morgan fingerprint density at radius 2 is 1.81 bits per heavy atom. The van der Waals surface area contributed by atoms with Crippen LogP contribution in [-0.2, 0) is 9.59 Å². The van der Waals surface area contributed by atoms with Crippen molar-refractivity contribution >= 4 is 11.9 Å². The lowest BCUT2D eigenvalue weighted by Crippen LogP contribution is -2.55. The number of rotatable bonds is 6. The maximum Gasteiger partial charge on any atom is 0.325 e. The molecule has 0 spiro atoms. The van der Waals surface area contributed by atoms with E-state index in [4.69, 9.17) is 9.47 Å². The van der Waals surface area contributed by atoms with Gasteiger partial charge < -0.3 is 19.5 Å². The first kappa shape index (κ1) is 19.5. The second-order valence-corrected chi connectivity index (χ2v) is 7.20. The molecule has 7 heteroatoms. The first-order valence-electron chi connectivity index (χ1n) is 9.53. The highest BCUT2D eigenvalue weighted by Crippen LogP contribution is 2.33. The monoisotopic (exact) mass is 376 g/mol. The Morgan fingerprint density at radius 3 is 2.41 bits per heavy atom. The molecule has 1 aromatic carbocycles. The minimum absolute atomic E-state index is 0.0277. The number of ether oxygens (including phenoxy) is 2. The molecule has 1 saturated carbocycles. The zero-order chi connectivity index (χ0) is 19.4. The van der Waals surface area contributed by atoms with Crippen molar-refractivity contribution in [3.8, 4) is 11.5 Å². The molecule has 0 aromatic heterocycles. The predicted octanol–water partition coefficient (Wildman–Crippen LogP) is 2.31. The molecule has 148 valence electrons. The Labute approximate surface area is 159 Å². The van der Waals surface area contributed by atoms with Crippen LogP contribution >= 0.6 is 0 Å². The highest BCUT2D eigenvalue weighted by atomic mass is 16.5. The number of aliphatic carboxylic acids is 1. The van der Waals surface area contributed by atoms with Crippen LogP contribution in [0.2, 0.25) is 0 Å². The minimum atomic E-state index is -0.971. The number of benzene rings is 1.